The number of unbranched alkanes of at least 4 members (excludes halogenated alkanes) is 8. The van der Waals surface area contributed by atoms with Gasteiger partial charge in [-0.05, 0) is 28.0 Å². The van der Waals surface area contributed by atoms with Crippen LogP contribution in [0.2, 0.25) is 0 Å². The molecule has 150 valence electrons. The Kier molecular flexibility index (Phi) is 10.1. The molecule has 0 saturated carbocycles. The van der Waals surface area contributed by atoms with Gasteiger partial charge >= 0.3 is 5.97 Å². The summed E-state index contributed by atoms with van der Waals surface area (Å²) in [6, 6.07) is 21.4. The van der Waals surface area contributed by atoms with Gasteiger partial charge in [0.1, 0.15) is 0 Å². The predicted octanol–water partition coefficient (Wildman–Crippen LogP) is 7.98. The van der Waals surface area contributed by atoms with Crippen molar-refractivity contribution in [3.8, 4) is 0 Å². The molecule has 0 unspecified atom stereocenters. The molecule has 2 nitrogen and oxygen atoms in total. The molecule has 0 aliphatic rings. The van der Waals surface area contributed by atoms with E-state index in [1.54, 1.807) is 0 Å². The van der Waals surface area contributed by atoms with Crippen molar-refractivity contribution in [3.05, 3.63) is 60.7 Å². The van der Waals surface area contributed by atoms with Crippen LogP contribution >= 0.6 is 0 Å². The van der Waals surface area contributed by atoms with Crippen molar-refractivity contribution in [1.29, 1.82) is 0 Å². The van der Waals surface area contributed by atoms with Gasteiger partial charge in [-0.2, -0.15) is 0 Å². The number of fused-ring (bicyclic) bond motifs is 3. The van der Waals surface area contributed by atoms with E-state index in [1.807, 2.05) is 0 Å². The third-order valence-corrected chi connectivity index (χ3v) is 5.15. The first-order valence-corrected chi connectivity index (χ1v) is 10.8. The molecule has 0 radical (unpaired) electrons. The predicted molar refractivity (Wildman–Crippen MR) is 121 cm³/mol. The summed E-state index contributed by atoms with van der Waals surface area (Å²) in [5.41, 5.74) is 0. The Labute approximate surface area is 169 Å². The molecular weight excluding hydrogens is 344 g/mol. The van der Waals surface area contributed by atoms with E-state index in [2.05, 4.69) is 67.6 Å². The number of hydrogen-bond donors (Lipinski definition) is 1. The molecule has 1 N–H and O–H groups in total. The number of carboxylic acids is 1. The lowest BCUT2D eigenvalue weighted by Crippen LogP contribution is -1.93. The topological polar surface area (TPSA) is 37.3 Å². The van der Waals surface area contributed by atoms with E-state index in [9.17, 15) is 4.79 Å². The molecule has 3 aromatic rings. The zero-order chi connectivity index (χ0) is 20.0. The number of aliphatic carboxylic acids is 1. The maximum absolute atomic E-state index is 10.2. The largest absolute Gasteiger partial charge is 0.481 e. The summed E-state index contributed by atoms with van der Waals surface area (Å²) in [6.07, 6.45) is 11.5. The Bertz CT molecular complexity index is 783. The third kappa shape index (κ3) is 7.72. The van der Waals surface area contributed by atoms with Crippen LogP contribution in [0, 0.1) is 0 Å². The Morgan fingerprint density at radius 2 is 1.07 bits per heavy atom. The van der Waals surface area contributed by atoms with Crippen molar-refractivity contribution in [2.75, 3.05) is 0 Å². The van der Waals surface area contributed by atoms with Gasteiger partial charge in [-0.15, -0.1) is 0 Å². The van der Waals surface area contributed by atoms with E-state index in [4.69, 9.17) is 5.11 Å². The molecule has 3 rings (SSSR count). The number of hydrogen-bond acceptors (Lipinski definition) is 1. The minimum Gasteiger partial charge on any atom is -0.481 e. The summed E-state index contributed by atoms with van der Waals surface area (Å²) < 4.78 is 0. The number of carboxylic acid groups (broad SMARTS) is 1. The molecule has 0 atom stereocenters. The molecule has 0 heterocycles. The molecule has 2 heteroatoms. The zero-order valence-electron chi connectivity index (χ0n) is 17.2. The highest BCUT2D eigenvalue weighted by molar-refractivity contribution is 6.07. The summed E-state index contributed by atoms with van der Waals surface area (Å²) in [7, 11) is 0. The minimum absolute atomic E-state index is 0.343. The van der Waals surface area contributed by atoms with Gasteiger partial charge in [-0.25, -0.2) is 0 Å². The third-order valence-electron chi connectivity index (χ3n) is 5.15. The minimum atomic E-state index is -0.659. The first kappa shape index (κ1) is 21.9. The SMILES string of the molecule is CCCCCCCCCCCC(=O)O.c1ccc2c(c1)ccc1ccccc12. The lowest BCUT2D eigenvalue weighted by Gasteiger charge is -2.02. The van der Waals surface area contributed by atoms with Crippen molar-refractivity contribution in [2.24, 2.45) is 0 Å². The molecule has 0 amide bonds. The molecule has 0 aliphatic carbocycles. The average Bonchev–Trinajstić information content (AvgIpc) is 2.73. The molecule has 3 aromatic carbocycles. The van der Waals surface area contributed by atoms with Crippen LogP contribution < -0.4 is 0 Å². The maximum Gasteiger partial charge on any atom is 0.303 e. The second-order valence-corrected chi connectivity index (χ2v) is 7.48. The van der Waals surface area contributed by atoms with Gasteiger partial charge in [0, 0.05) is 6.42 Å². The van der Waals surface area contributed by atoms with Gasteiger partial charge in [0.2, 0.25) is 0 Å². The van der Waals surface area contributed by atoms with Crippen LogP contribution in [-0.2, 0) is 4.79 Å². The van der Waals surface area contributed by atoms with Crippen LogP contribution in [0.3, 0.4) is 0 Å². The van der Waals surface area contributed by atoms with Crippen molar-refractivity contribution >= 4 is 27.5 Å². The standard InChI is InChI=1S/C14H10.C12H24O2/c1-3-7-13-11(5-1)9-10-12-6-2-4-8-14(12)13;1-2-3-4-5-6-7-8-9-10-11-12(13)14/h1-10H;2-11H2,1H3,(H,13,14). The van der Waals surface area contributed by atoms with Crippen molar-refractivity contribution in [1.82, 2.24) is 0 Å². The molecule has 0 bridgehead atoms. The quantitative estimate of drug-likeness (QED) is 0.287. The highest BCUT2D eigenvalue weighted by Crippen LogP contribution is 2.24. The normalized spacial score (nSPS) is 10.6. The van der Waals surface area contributed by atoms with Crippen LogP contribution in [0.4, 0.5) is 0 Å². The molecule has 0 fully saturated rings. The Morgan fingerprint density at radius 1 is 0.643 bits per heavy atom. The van der Waals surface area contributed by atoms with Crippen LogP contribution in [0.15, 0.2) is 60.7 Å². The smallest absolute Gasteiger partial charge is 0.303 e. The summed E-state index contributed by atoms with van der Waals surface area (Å²) in [5, 5.41) is 13.7. The zero-order valence-corrected chi connectivity index (χ0v) is 17.2. The van der Waals surface area contributed by atoms with Crippen LogP contribution in [0.5, 0.6) is 0 Å². The summed E-state index contributed by atoms with van der Waals surface area (Å²) in [6.45, 7) is 2.23. The summed E-state index contributed by atoms with van der Waals surface area (Å²) in [5.74, 6) is -0.659. The second-order valence-electron chi connectivity index (χ2n) is 7.48. The van der Waals surface area contributed by atoms with E-state index in [1.165, 1.54) is 66.5 Å². The second kappa shape index (κ2) is 12.9. The van der Waals surface area contributed by atoms with Gasteiger partial charge in [0.05, 0.1) is 0 Å². The van der Waals surface area contributed by atoms with Gasteiger partial charge in [-0.1, -0.05) is 119 Å². The van der Waals surface area contributed by atoms with Gasteiger partial charge in [-0.3, -0.25) is 4.79 Å². The Balaban J connectivity index is 0.000000200. The van der Waals surface area contributed by atoms with Crippen LogP contribution in [0.1, 0.15) is 71.1 Å². The molecule has 0 spiro atoms. The lowest BCUT2D eigenvalue weighted by molar-refractivity contribution is -0.137. The molecule has 28 heavy (non-hydrogen) atoms. The fourth-order valence-corrected chi connectivity index (χ4v) is 3.54. The molecular formula is C26H34O2. The molecule has 0 aromatic heterocycles. The van der Waals surface area contributed by atoms with Crippen molar-refractivity contribution in [2.45, 2.75) is 71.1 Å². The molecule has 0 aliphatic heterocycles. The van der Waals surface area contributed by atoms with E-state index in [-0.39, 0.29) is 0 Å². The Hall–Kier alpha value is -2.35. The first-order valence-electron chi connectivity index (χ1n) is 10.8. The number of carbonyl (C=O) groups is 1. The lowest BCUT2D eigenvalue weighted by atomic mass is 10.0. The first-order chi connectivity index (χ1) is 13.7. The monoisotopic (exact) mass is 378 g/mol. The highest BCUT2D eigenvalue weighted by Gasteiger charge is 1.97. The number of rotatable bonds is 10. The van der Waals surface area contributed by atoms with E-state index in [0.717, 1.165) is 12.8 Å². The van der Waals surface area contributed by atoms with E-state index < -0.39 is 5.97 Å². The Morgan fingerprint density at radius 3 is 1.54 bits per heavy atom. The van der Waals surface area contributed by atoms with Gasteiger partial charge < -0.3 is 5.11 Å². The summed E-state index contributed by atoms with van der Waals surface area (Å²) in [4.78, 5) is 10.2. The fourth-order valence-electron chi connectivity index (χ4n) is 3.54. The van der Waals surface area contributed by atoms with Gasteiger partial charge in [0.25, 0.3) is 0 Å². The van der Waals surface area contributed by atoms with Crippen LogP contribution in [0.25, 0.3) is 21.5 Å². The maximum atomic E-state index is 10.2. The van der Waals surface area contributed by atoms with Crippen molar-refractivity contribution < 1.29 is 9.90 Å². The highest BCUT2D eigenvalue weighted by atomic mass is 16.4. The van der Waals surface area contributed by atoms with E-state index in [0.29, 0.717) is 6.42 Å². The van der Waals surface area contributed by atoms with Gasteiger partial charge in [0.15, 0.2) is 0 Å². The molecule has 0 saturated heterocycles. The van der Waals surface area contributed by atoms with E-state index >= 15 is 0 Å². The van der Waals surface area contributed by atoms with Crippen molar-refractivity contribution in [3.63, 3.8) is 0 Å². The van der Waals surface area contributed by atoms with Crippen LogP contribution in [-0.4, -0.2) is 11.1 Å². The average molecular weight is 379 g/mol. The number of benzene rings is 3. The summed E-state index contributed by atoms with van der Waals surface area (Å²) >= 11 is 0. The fraction of sp³-hybridized carbons (Fsp3) is 0.423.